The van der Waals surface area contributed by atoms with Crippen molar-refractivity contribution in [3.05, 3.63) is 29.3 Å². The number of nitrogens with zero attached hydrogens (tertiary/aromatic N) is 1. The fourth-order valence-corrected chi connectivity index (χ4v) is 3.28. The molecule has 1 amide bonds. The molecular weight excluding hydrogens is 278 g/mol. The smallest absolute Gasteiger partial charge is 0.254 e. The summed E-state index contributed by atoms with van der Waals surface area (Å²) in [6.45, 7) is 0.948. The lowest BCUT2D eigenvalue weighted by Crippen LogP contribution is -2.51. The van der Waals surface area contributed by atoms with Crippen LogP contribution in [-0.4, -0.2) is 43.2 Å². The van der Waals surface area contributed by atoms with Crippen molar-refractivity contribution in [2.75, 3.05) is 25.5 Å². The van der Waals surface area contributed by atoms with Crippen molar-refractivity contribution in [1.29, 1.82) is 0 Å². The fraction of sp³-hybridized carbons (Fsp3) is 0.533. The Hall–Kier alpha value is -1.69. The Bertz CT molecular complexity index is 542. The van der Waals surface area contributed by atoms with E-state index in [-0.39, 0.29) is 29.3 Å². The number of morpholine rings is 1. The van der Waals surface area contributed by atoms with Crippen molar-refractivity contribution in [2.45, 2.75) is 31.4 Å². The minimum absolute atomic E-state index is 0.0290. The summed E-state index contributed by atoms with van der Waals surface area (Å²) >= 11 is 0. The van der Waals surface area contributed by atoms with Gasteiger partial charge in [-0.2, -0.15) is 0 Å². The van der Waals surface area contributed by atoms with E-state index in [1.54, 1.807) is 4.90 Å². The van der Waals surface area contributed by atoms with Gasteiger partial charge in [0.1, 0.15) is 17.3 Å². The number of nitrogens with one attached hydrogen (secondary N) is 1. The zero-order valence-corrected chi connectivity index (χ0v) is 11.9. The standard InChI is InChI=1S/C15H18F2N2O2/c1-18-14-10(16)7-9(8-11(14)17)15(20)19-5-6-21-13-4-2-3-12(13)19/h7-8,12-13,18H,2-6H2,1H3. The van der Waals surface area contributed by atoms with Crippen molar-refractivity contribution in [1.82, 2.24) is 4.90 Å². The molecule has 1 saturated carbocycles. The molecule has 0 aromatic heterocycles. The normalized spacial score (nSPS) is 24.8. The summed E-state index contributed by atoms with van der Waals surface area (Å²) in [6, 6.07) is 2.22. The second-order valence-corrected chi connectivity index (χ2v) is 5.47. The third kappa shape index (κ3) is 2.48. The summed E-state index contributed by atoms with van der Waals surface area (Å²) in [5, 5.41) is 2.45. The Morgan fingerprint density at radius 3 is 2.71 bits per heavy atom. The SMILES string of the molecule is CNc1c(F)cc(C(=O)N2CCOC3CCCC32)cc1F. The molecule has 114 valence electrons. The zero-order chi connectivity index (χ0) is 15.0. The van der Waals surface area contributed by atoms with E-state index < -0.39 is 11.6 Å². The van der Waals surface area contributed by atoms with E-state index in [0.717, 1.165) is 31.4 Å². The maximum atomic E-state index is 13.8. The minimum atomic E-state index is -0.753. The lowest BCUT2D eigenvalue weighted by molar-refractivity contribution is -0.0445. The molecule has 2 fully saturated rings. The van der Waals surface area contributed by atoms with Crippen LogP contribution in [0.3, 0.4) is 0 Å². The number of carbonyl (C=O) groups is 1. The Morgan fingerprint density at radius 2 is 2.05 bits per heavy atom. The highest BCUT2D eigenvalue weighted by Crippen LogP contribution is 2.31. The summed E-state index contributed by atoms with van der Waals surface area (Å²) < 4.78 is 33.3. The number of anilines is 1. The molecule has 1 aliphatic heterocycles. The number of rotatable bonds is 2. The van der Waals surface area contributed by atoms with Crippen LogP contribution in [0.5, 0.6) is 0 Å². The molecule has 0 bridgehead atoms. The van der Waals surface area contributed by atoms with Gasteiger partial charge in [-0.1, -0.05) is 0 Å². The molecule has 1 saturated heterocycles. The molecule has 1 aliphatic carbocycles. The van der Waals surface area contributed by atoms with Crippen molar-refractivity contribution < 1.29 is 18.3 Å². The van der Waals surface area contributed by atoms with E-state index >= 15 is 0 Å². The Labute approximate surface area is 122 Å². The van der Waals surface area contributed by atoms with Gasteiger partial charge in [0.2, 0.25) is 0 Å². The molecule has 2 atom stereocenters. The number of ether oxygens (including phenoxy) is 1. The van der Waals surface area contributed by atoms with E-state index in [4.69, 9.17) is 4.74 Å². The molecule has 1 aromatic rings. The Balaban J connectivity index is 1.88. The number of hydrogen-bond acceptors (Lipinski definition) is 3. The molecule has 2 aliphatic rings. The molecule has 1 aromatic carbocycles. The lowest BCUT2D eigenvalue weighted by atomic mass is 10.1. The lowest BCUT2D eigenvalue weighted by Gasteiger charge is -2.37. The molecule has 4 nitrogen and oxygen atoms in total. The van der Waals surface area contributed by atoms with Gasteiger partial charge in [0.15, 0.2) is 0 Å². The van der Waals surface area contributed by atoms with Gasteiger partial charge in [-0.05, 0) is 31.4 Å². The summed E-state index contributed by atoms with van der Waals surface area (Å²) in [5.41, 5.74) is -0.163. The van der Waals surface area contributed by atoms with Crippen LogP contribution in [0.2, 0.25) is 0 Å². The molecule has 0 radical (unpaired) electrons. The van der Waals surface area contributed by atoms with E-state index in [0.29, 0.717) is 13.2 Å². The number of carbonyl (C=O) groups excluding carboxylic acids is 1. The first kappa shape index (κ1) is 14.3. The Morgan fingerprint density at radius 1 is 1.33 bits per heavy atom. The highest BCUT2D eigenvalue weighted by Gasteiger charge is 2.38. The van der Waals surface area contributed by atoms with Crippen LogP contribution in [-0.2, 0) is 4.74 Å². The Kier molecular flexibility index (Phi) is 3.80. The third-order valence-electron chi connectivity index (χ3n) is 4.28. The topological polar surface area (TPSA) is 41.6 Å². The highest BCUT2D eigenvalue weighted by atomic mass is 19.1. The number of fused-ring (bicyclic) bond motifs is 1. The van der Waals surface area contributed by atoms with E-state index in [1.165, 1.54) is 7.05 Å². The second-order valence-electron chi connectivity index (χ2n) is 5.47. The largest absolute Gasteiger partial charge is 0.383 e. The van der Waals surface area contributed by atoms with E-state index in [2.05, 4.69) is 5.32 Å². The van der Waals surface area contributed by atoms with Crippen LogP contribution >= 0.6 is 0 Å². The van der Waals surface area contributed by atoms with Gasteiger partial charge in [0, 0.05) is 19.2 Å². The average molecular weight is 296 g/mol. The minimum Gasteiger partial charge on any atom is -0.383 e. The number of benzene rings is 1. The van der Waals surface area contributed by atoms with Gasteiger partial charge in [0.25, 0.3) is 5.91 Å². The number of amides is 1. The van der Waals surface area contributed by atoms with Crippen LogP contribution in [0.4, 0.5) is 14.5 Å². The van der Waals surface area contributed by atoms with Gasteiger partial charge >= 0.3 is 0 Å². The zero-order valence-electron chi connectivity index (χ0n) is 11.9. The monoisotopic (exact) mass is 296 g/mol. The molecule has 6 heteroatoms. The molecule has 21 heavy (non-hydrogen) atoms. The first-order chi connectivity index (χ1) is 10.1. The van der Waals surface area contributed by atoms with Crippen LogP contribution in [0.25, 0.3) is 0 Å². The molecular formula is C15H18F2N2O2. The van der Waals surface area contributed by atoms with Crippen molar-refractivity contribution >= 4 is 11.6 Å². The molecule has 1 N–H and O–H groups in total. The highest BCUT2D eigenvalue weighted by molar-refractivity contribution is 5.95. The van der Waals surface area contributed by atoms with Crippen molar-refractivity contribution in [3.8, 4) is 0 Å². The van der Waals surface area contributed by atoms with Gasteiger partial charge in [-0.25, -0.2) is 8.78 Å². The van der Waals surface area contributed by atoms with Crippen molar-refractivity contribution in [3.63, 3.8) is 0 Å². The van der Waals surface area contributed by atoms with Gasteiger partial charge < -0.3 is 15.0 Å². The van der Waals surface area contributed by atoms with Gasteiger partial charge in [-0.3, -0.25) is 4.79 Å². The first-order valence-electron chi connectivity index (χ1n) is 7.21. The summed E-state index contributed by atoms with van der Waals surface area (Å²) in [4.78, 5) is 14.3. The molecule has 2 unspecified atom stereocenters. The van der Waals surface area contributed by atoms with Crippen LogP contribution in [0, 0.1) is 11.6 Å². The second kappa shape index (κ2) is 5.60. The predicted molar refractivity (Wildman–Crippen MR) is 74.3 cm³/mol. The van der Waals surface area contributed by atoms with Gasteiger partial charge in [0.05, 0.1) is 18.8 Å². The summed E-state index contributed by atoms with van der Waals surface area (Å²) in [7, 11) is 1.44. The summed E-state index contributed by atoms with van der Waals surface area (Å²) in [5.74, 6) is -1.83. The number of halogens is 2. The molecule has 0 spiro atoms. The molecule has 1 heterocycles. The summed E-state index contributed by atoms with van der Waals surface area (Å²) in [6.07, 6.45) is 2.90. The average Bonchev–Trinajstić information content (AvgIpc) is 2.94. The third-order valence-corrected chi connectivity index (χ3v) is 4.28. The van der Waals surface area contributed by atoms with E-state index in [9.17, 15) is 13.6 Å². The van der Waals surface area contributed by atoms with Crippen LogP contribution in [0.1, 0.15) is 29.6 Å². The maximum Gasteiger partial charge on any atom is 0.254 e. The van der Waals surface area contributed by atoms with Crippen LogP contribution in [0.15, 0.2) is 12.1 Å². The number of hydrogen-bond donors (Lipinski definition) is 1. The maximum absolute atomic E-state index is 13.8. The molecule has 3 rings (SSSR count). The van der Waals surface area contributed by atoms with Crippen molar-refractivity contribution in [2.24, 2.45) is 0 Å². The van der Waals surface area contributed by atoms with E-state index in [1.807, 2.05) is 0 Å². The van der Waals surface area contributed by atoms with Gasteiger partial charge in [-0.15, -0.1) is 0 Å². The fourth-order valence-electron chi connectivity index (χ4n) is 3.28. The quantitative estimate of drug-likeness (QED) is 0.911. The first-order valence-corrected chi connectivity index (χ1v) is 7.21. The predicted octanol–water partition coefficient (Wildman–Crippen LogP) is 2.40. The van der Waals surface area contributed by atoms with Crippen LogP contribution < -0.4 is 5.32 Å².